The van der Waals surface area contributed by atoms with Crippen LogP contribution in [0.4, 0.5) is 0 Å². The minimum absolute atomic E-state index is 0.0272. The van der Waals surface area contributed by atoms with Crippen molar-refractivity contribution >= 4 is 16.0 Å². The van der Waals surface area contributed by atoms with Crippen molar-refractivity contribution in [2.45, 2.75) is 37.5 Å². The van der Waals surface area contributed by atoms with Gasteiger partial charge >= 0.3 is 5.97 Å². The molecule has 0 aliphatic carbocycles. The van der Waals surface area contributed by atoms with Crippen LogP contribution in [0.3, 0.4) is 0 Å². The zero-order valence-electron chi connectivity index (χ0n) is 18.0. The second-order valence-electron chi connectivity index (χ2n) is 7.43. The van der Waals surface area contributed by atoms with Crippen LogP contribution < -0.4 is 9.47 Å². The first-order valence-corrected chi connectivity index (χ1v) is 11.9. The van der Waals surface area contributed by atoms with Gasteiger partial charge in [-0.2, -0.15) is 4.31 Å². The topological polar surface area (TPSA) is 82.1 Å². The number of nitrogens with zero attached hydrogens (tertiary/aromatic N) is 1. The third-order valence-corrected chi connectivity index (χ3v) is 7.16. The largest absolute Gasteiger partial charge is 0.496 e. The summed E-state index contributed by atoms with van der Waals surface area (Å²) in [5, 5.41) is 0. The summed E-state index contributed by atoms with van der Waals surface area (Å²) < 4.78 is 43.8. The van der Waals surface area contributed by atoms with Crippen LogP contribution in [0.25, 0.3) is 0 Å². The Morgan fingerprint density at radius 3 is 2.35 bits per heavy atom. The van der Waals surface area contributed by atoms with Crippen molar-refractivity contribution in [3.63, 3.8) is 0 Å². The van der Waals surface area contributed by atoms with Crippen LogP contribution >= 0.6 is 0 Å². The molecule has 0 amide bonds. The van der Waals surface area contributed by atoms with Gasteiger partial charge in [-0.15, -0.1) is 0 Å². The molecule has 1 heterocycles. The molecule has 2 aromatic carbocycles. The Hall–Kier alpha value is -2.58. The lowest BCUT2D eigenvalue weighted by Gasteiger charge is -2.20. The van der Waals surface area contributed by atoms with Crippen molar-refractivity contribution in [3.05, 3.63) is 53.6 Å². The van der Waals surface area contributed by atoms with E-state index in [1.165, 1.54) is 29.6 Å². The lowest BCUT2D eigenvalue weighted by Crippen LogP contribution is -2.32. The number of hydrogen-bond donors (Lipinski definition) is 0. The first-order chi connectivity index (χ1) is 14.9. The van der Waals surface area contributed by atoms with E-state index in [1.54, 1.807) is 0 Å². The van der Waals surface area contributed by atoms with Gasteiger partial charge in [0.2, 0.25) is 10.0 Å². The Balaban J connectivity index is 1.69. The van der Waals surface area contributed by atoms with E-state index < -0.39 is 16.0 Å². The Morgan fingerprint density at radius 1 is 0.968 bits per heavy atom. The molecule has 1 saturated heterocycles. The third-order valence-electron chi connectivity index (χ3n) is 5.26. The van der Waals surface area contributed by atoms with Crippen molar-refractivity contribution < 1.29 is 27.4 Å². The number of ether oxygens (including phenoxy) is 3. The van der Waals surface area contributed by atoms with E-state index in [-0.39, 0.29) is 29.4 Å². The van der Waals surface area contributed by atoms with Crippen LogP contribution in [0.2, 0.25) is 0 Å². The van der Waals surface area contributed by atoms with E-state index in [1.807, 2.05) is 31.2 Å². The predicted octanol–water partition coefficient (Wildman–Crippen LogP) is 3.80. The lowest BCUT2D eigenvalue weighted by atomic mass is 10.2. The minimum Gasteiger partial charge on any atom is -0.496 e. The average molecular weight is 448 g/mol. The maximum absolute atomic E-state index is 13.1. The van der Waals surface area contributed by atoms with Gasteiger partial charge in [-0.3, -0.25) is 0 Å². The zero-order valence-corrected chi connectivity index (χ0v) is 18.8. The predicted molar refractivity (Wildman–Crippen MR) is 117 cm³/mol. The third kappa shape index (κ3) is 5.77. The van der Waals surface area contributed by atoms with E-state index in [4.69, 9.17) is 14.2 Å². The Morgan fingerprint density at radius 2 is 1.68 bits per heavy atom. The van der Waals surface area contributed by atoms with Gasteiger partial charge in [-0.1, -0.05) is 31.0 Å². The number of hydrogen-bond acceptors (Lipinski definition) is 6. The van der Waals surface area contributed by atoms with Gasteiger partial charge < -0.3 is 14.2 Å². The van der Waals surface area contributed by atoms with Gasteiger partial charge in [0.05, 0.1) is 12.0 Å². The molecule has 31 heavy (non-hydrogen) atoms. The second kappa shape index (κ2) is 10.6. The molecule has 1 fully saturated rings. The molecular weight excluding hydrogens is 418 g/mol. The van der Waals surface area contributed by atoms with E-state index in [0.717, 1.165) is 37.0 Å². The second-order valence-corrected chi connectivity index (χ2v) is 9.37. The Kier molecular flexibility index (Phi) is 7.92. The maximum Gasteiger partial charge on any atom is 0.342 e. The fourth-order valence-corrected chi connectivity index (χ4v) is 5.06. The average Bonchev–Trinajstić information content (AvgIpc) is 3.07. The first-order valence-electron chi connectivity index (χ1n) is 10.5. The fraction of sp³-hybridized carbons (Fsp3) is 0.435. The molecule has 0 spiro atoms. The molecule has 8 heteroatoms. The smallest absolute Gasteiger partial charge is 0.342 e. The summed E-state index contributed by atoms with van der Waals surface area (Å²) >= 11 is 0. The van der Waals surface area contributed by atoms with Gasteiger partial charge in [-0.25, -0.2) is 13.2 Å². The number of methoxy groups -OCH3 is 1. The van der Waals surface area contributed by atoms with Gasteiger partial charge in [0.15, 0.2) is 0 Å². The van der Waals surface area contributed by atoms with Crippen LogP contribution in [0, 0.1) is 6.92 Å². The molecule has 7 nitrogen and oxygen atoms in total. The van der Waals surface area contributed by atoms with Crippen LogP contribution in [0.15, 0.2) is 47.4 Å². The van der Waals surface area contributed by atoms with Gasteiger partial charge in [0, 0.05) is 13.1 Å². The molecule has 168 valence electrons. The summed E-state index contributed by atoms with van der Waals surface area (Å²) in [5.41, 5.74) is 1.07. The van der Waals surface area contributed by atoms with Crippen LogP contribution in [0.5, 0.6) is 11.5 Å². The fourth-order valence-electron chi connectivity index (χ4n) is 3.52. The molecule has 0 atom stereocenters. The number of sulfonamides is 1. The minimum atomic E-state index is -3.69. The number of para-hydroxylation sites is 1. The molecule has 0 saturated carbocycles. The number of aryl methyl sites for hydroxylation is 1. The van der Waals surface area contributed by atoms with E-state index in [9.17, 15) is 13.2 Å². The molecule has 0 bridgehead atoms. The number of rotatable bonds is 8. The number of benzene rings is 2. The first kappa shape index (κ1) is 23.1. The number of esters is 1. The molecule has 0 aromatic heterocycles. The quantitative estimate of drug-likeness (QED) is 0.452. The molecule has 2 aromatic rings. The van der Waals surface area contributed by atoms with E-state index in [2.05, 4.69) is 0 Å². The Bertz CT molecular complexity index is 997. The van der Waals surface area contributed by atoms with Crippen molar-refractivity contribution in [1.29, 1.82) is 0 Å². The number of carbonyl (C=O) groups excluding carboxylic acids is 1. The molecule has 1 aliphatic rings. The molecule has 0 radical (unpaired) electrons. The van der Waals surface area contributed by atoms with E-state index in [0.29, 0.717) is 13.1 Å². The summed E-state index contributed by atoms with van der Waals surface area (Å²) in [5.74, 6) is 0.333. The van der Waals surface area contributed by atoms with Crippen molar-refractivity contribution in [2.75, 3.05) is 33.4 Å². The summed E-state index contributed by atoms with van der Waals surface area (Å²) in [6, 6.07) is 11.9. The highest BCUT2D eigenvalue weighted by Crippen LogP contribution is 2.27. The summed E-state index contributed by atoms with van der Waals surface area (Å²) in [6.45, 7) is 3.13. The molecule has 1 aliphatic heterocycles. The van der Waals surface area contributed by atoms with Crippen molar-refractivity contribution in [3.8, 4) is 11.5 Å². The summed E-state index contributed by atoms with van der Waals surface area (Å²) in [4.78, 5) is 12.7. The van der Waals surface area contributed by atoms with Crippen molar-refractivity contribution in [2.24, 2.45) is 0 Å². The van der Waals surface area contributed by atoms with Gasteiger partial charge in [-0.05, 0) is 49.6 Å². The lowest BCUT2D eigenvalue weighted by molar-refractivity contribution is 0.0446. The summed E-state index contributed by atoms with van der Waals surface area (Å²) in [6.07, 6.45) is 3.73. The molecular formula is C23H29NO6S. The molecule has 0 unspecified atom stereocenters. The van der Waals surface area contributed by atoms with Crippen molar-refractivity contribution in [1.82, 2.24) is 4.31 Å². The highest BCUT2D eigenvalue weighted by molar-refractivity contribution is 7.89. The highest BCUT2D eigenvalue weighted by atomic mass is 32.2. The normalized spacial score (nSPS) is 15.2. The molecule has 3 rings (SSSR count). The van der Waals surface area contributed by atoms with Gasteiger partial charge in [0.25, 0.3) is 0 Å². The van der Waals surface area contributed by atoms with Crippen LogP contribution in [-0.4, -0.2) is 52.1 Å². The van der Waals surface area contributed by atoms with Crippen LogP contribution in [0.1, 0.15) is 41.6 Å². The molecule has 0 N–H and O–H groups in total. The monoisotopic (exact) mass is 447 g/mol. The maximum atomic E-state index is 13.1. The number of carbonyl (C=O) groups is 1. The summed E-state index contributed by atoms with van der Waals surface area (Å²) in [7, 11) is -2.26. The van der Waals surface area contributed by atoms with E-state index >= 15 is 0 Å². The van der Waals surface area contributed by atoms with Gasteiger partial charge in [0.1, 0.15) is 30.3 Å². The Labute approximate surface area is 184 Å². The standard InChI is InChI=1S/C23H29NO6S/c1-18-9-5-6-10-21(18)29-15-16-30-23(25)20-17-19(11-12-22(20)28-2)31(26,27)24-13-7-3-4-8-14-24/h5-6,9-12,17H,3-4,7-8,13-16H2,1-2H3. The SMILES string of the molecule is COc1ccc(S(=O)(=O)N2CCCCCC2)cc1C(=O)OCCOc1ccccc1C. The van der Waals surface area contributed by atoms with Crippen LogP contribution in [-0.2, 0) is 14.8 Å². The zero-order chi connectivity index (χ0) is 22.3. The highest BCUT2D eigenvalue weighted by Gasteiger charge is 2.27.